The van der Waals surface area contributed by atoms with E-state index < -0.39 is 0 Å². The van der Waals surface area contributed by atoms with Gasteiger partial charge in [-0.15, -0.1) is 0 Å². The molecule has 0 bridgehead atoms. The summed E-state index contributed by atoms with van der Waals surface area (Å²) in [6.45, 7) is 0. The molecule has 11 rings (SSSR count). The first-order chi connectivity index (χ1) is 27.2. The smallest absolute Gasteiger partial charge is 0.167 e. The van der Waals surface area contributed by atoms with Crippen LogP contribution in [0.3, 0.4) is 0 Å². The van der Waals surface area contributed by atoms with Gasteiger partial charge in [0.1, 0.15) is 11.2 Å². The van der Waals surface area contributed by atoms with Crippen molar-refractivity contribution < 1.29 is 4.42 Å². The third-order valence-corrected chi connectivity index (χ3v) is 10.7. The van der Waals surface area contributed by atoms with E-state index >= 15 is 0 Å². The first-order valence-corrected chi connectivity index (χ1v) is 18.5. The molecule has 0 N–H and O–H groups in total. The van der Waals surface area contributed by atoms with Crippen molar-refractivity contribution >= 4 is 54.3 Å². The first kappa shape index (κ1) is 31.1. The fraction of sp³-hybridized carbons (Fsp3) is 0. The summed E-state index contributed by atoms with van der Waals surface area (Å²) in [6, 6.07) is 65.9. The number of furan rings is 1. The van der Waals surface area contributed by atoms with Gasteiger partial charge in [0.2, 0.25) is 0 Å². The van der Waals surface area contributed by atoms with E-state index in [-0.39, 0.29) is 0 Å². The van der Waals surface area contributed by atoms with Gasteiger partial charge in [-0.3, -0.25) is 0 Å². The van der Waals surface area contributed by atoms with Crippen molar-refractivity contribution in [2.24, 2.45) is 0 Å². The van der Waals surface area contributed by atoms with Gasteiger partial charge in [0, 0.05) is 27.3 Å². The Bertz CT molecular complexity index is 3280. The summed E-state index contributed by atoms with van der Waals surface area (Å²) in [4.78, 5) is 15.8. The standard InChI is InChI=1S/C51H31N3O/c1-3-13-35-29-38(27-25-32(35)11-1)37-17-7-18-40(31-37)49-52-50(54-51(53-49)45-23-10-21-43-42-19-5-6-24-46(42)55-48(43)45)44-22-9-16-34-15-8-20-41(47(34)44)39-28-26-33-12-2-4-14-36(33)30-39/h1-31H. The van der Waals surface area contributed by atoms with Gasteiger partial charge in [0.15, 0.2) is 17.5 Å². The van der Waals surface area contributed by atoms with Crippen LogP contribution in [-0.2, 0) is 0 Å². The van der Waals surface area contributed by atoms with E-state index in [1.807, 2.05) is 24.3 Å². The first-order valence-electron chi connectivity index (χ1n) is 18.5. The average Bonchev–Trinajstić information content (AvgIpc) is 3.64. The van der Waals surface area contributed by atoms with Gasteiger partial charge >= 0.3 is 0 Å². The zero-order chi connectivity index (χ0) is 36.3. The molecule has 0 aliphatic rings. The fourth-order valence-electron chi connectivity index (χ4n) is 8.00. The Kier molecular flexibility index (Phi) is 7.14. The fourth-order valence-corrected chi connectivity index (χ4v) is 8.00. The molecule has 0 amide bonds. The molecule has 55 heavy (non-hydrogen) atoms. The molecule has 0 fully saturated rings. The summed E-state index contributed by atoms with van der Waals surface area (Å²) in [7, 11) is 0. The van der Waals surface area contributed by atoms with E-state index in [1.165, 1.54) is 21.5 Å². The normalized spacial score (nSPS) is 11.6. The topological polar surface area (TPSA) is 51.8 Å². The summed E-state index contributed by atoms with van der Waals surface area (Å²) < 4.78 is 6.52. The Balaban J connectivity index is 1.15. The van der Waals surface area contributed by atoms with E-state index in [2.05, 4.69) is 164 Å². The maximum Gasteiger partial charge on any atom is 0.167 e. The number of hydrogen-bond donors (Lipinski definition) is 0. The highest BCUT2D eigenvalue weighted by Gasteiger charge is 2.20. The van der Waals surface area contributed by atoms with Gasteiger partial charge < -0.3 is 4.42 Å². The number of hydrogen-bond acceptors (Lipinski definition) is 4. The Labute approximate surface area is 317 Å². The minimum absolute atomic E-state index is 0.556. The Morgan fingerprint density at radius 3 is 1.64 bits per heavy atom. The predicted octanol–water partition coefficient (Wildman–Crippen LogP) is 13.6. The molecule has 0 saturated carbocycles. The molecule has 0 saturated heterocycles. The van der Waals surface area contributed by atoms with Crippen LogP contribution in [0.4, 0.5) is 0 Å². The molecule has 256 valence electrons. The number of para-hydroxylation sites is 2. The summed E-state index contributed by atoms with van der Waals surface area (Å²) in [5, 5.41) is 9.12. The van der Waals surface area contributed by atoms with E-state index in [1.54, 1.807) is 0 Å². The number of fused-ring (bicyclic) bond motifs is 6. The summed E-state index contributed by atoms with van der Waals surface area (Å²) in [5.41, 5.74) is 8.74. The SMILES string of the molecule is c1cc(-c2ccc3ccccc3c2)cc(-c2nc(-c3cccc4c3oc3ccccc34)nc(-c3cccc4cccc(-c5ccc6ccccc6c5)c34)n2)c1. The molecular weight excluding hydrogens is 671 g/mol. The van der Waals surface area contributed by atoms with E-state index in [0.29, 0.717) is 17.5 Å². The van der Waals surface area contributed by atoms with Gasteiger partial charge in [-0.1, -0.05) is 158 Å². The van der Waals surface area contributed by atoms with Crippen molar-refractivity contribution in [2.75, 3.05) is 0 Å². The van der Waals surface area contributed by atoms with Gasteiger partial charge in [-0.05, 0) is 79.5 Å². The second-order valence-corrected chi connectivity index (χ2v) is 14.0. The molecule has 4 nitrogen and oxygen atoms in total. The van der Waals surface area contributed by atoms with Gasteiger partial charge in [-0.25, -0.2) is 15.0 Å². The van der Waals surface area contributed by atoms with Crippen LogP contribution >= 0.6 is 0 Å². The molecule has 9 aromatic carbocycles. The van der Waals surface area contributed by atoms with Crippen LogP contribution in [0.2, 0.25) is 0 Å². The maximum atomic E-state index is 6.52. The molecule has 0 spiro atoms. The van der Waals surface area contributed by atoms with Crippen LogP contribution in [-0.4, -0.2) is 15.0 Å². The molecule has 0 radical (unpaired) electrons. The van der Waals surface area contributed by atoms with Gasteiger partial charge in [0.25, 0.3) is 0 Å². The van der Waals surface area contributed by atoms with Crippen LogP contribution in [0, 0.1) is 0 Å². The molecule has 4 heteroatoms. The lowest BCUT2D eigenvalue weighted by molar-refractivity contribution is 0.669. The van der Waals surface area contributed by atoms with Crippen LogP contribution in [0.25, 0.3) is 111 Å². The van der Waals surface area contributed by atoms with Gasteiger partial charge in [-0.2, -0.15) is 0 Å². The lowest BCUT2D eigenvalue weighted by Gasteiger charge is -2.14. The number of rotatable bonds is 5. The molecule has 0 unspecified atom stereocenters. The monoisotopic (exact) mass is 701 g/mol. The minimum Gasteiger partial charge on any atom is -0.455 e. The van der Waals surface area contributed by atoms with Crippen molar-refractivity contribution in [3.63, 3.8) is 0 Å². The number of aromatic nitrogens is 3. The average molecular weight is 702 g/mol. The summed E-state index contributed by atoms with van der Waals surface area (Å²) in [5.74, 6) is 1.75. The van der Waals surface area contributed by atoms with E-state index in [0.717, 1.165) is 71.7 Å². The Morgan fingerprint density at radius 2 is 0.836 bits per heavy atom. The van der Waals surface area contributed by atoms with Crippen molar-refractivity contribution in [2.45, 2.75) is 0 Å². The van der Waals surface area contributed by atoms with Crippen LogP contribution in [0.1, 0.15) is 0 Å². The maximum absolute atomic E-state index is 6.52. The minimum atomic E-state index is 0.556. The highest BCUT2D eigenvalue weighted by molar-refractivity contribution is 6.10. The van der Waals surface area contributed by atoms with Crippen LogP contribution < -0.4 is 0 Å². The quantitative estimate of drug-likeness (QED) is 0.179. The lowest BCUT2D eigenvalue weighted by Crippen LogP contribution is -2.01. The molecule has 2 heterocycles. The number of nitrogens with zero attached hydrogens (tertiary/aromatic N) is 3. The van der Waals surface area contributed by atoms with Crippen molar-refractivity contribution in [3.8, 4) is 56.4 Å². The summed E-state index contributed by atoms with van der Waals surface area (Å²) >= 11 is 0. The van der Waals surface area contributed by atoms with Crippen molar-refractivity contribution in [1.29, 1.82) is 0 Å². The van der Waals surface area contributed by atoms with Crippen molar-refractivity contribution in [3.05, 3.63) is 188 Å². The summed E-state index contributed by atoms with van der Waals surface area (Å²) in [6.07, 6.45) is 0. The second kappa shape index (κ2) is 12.6. The molecule has 11 aromatic rings. The Morgan fingerprint density at radius 1 is 0.309 bits per heavy atom. The highest BCUT2D eigenvalue weighted by Crippen LogP contribution is 2.40. The molecule has 2 aromatic heterocycles. The highest BCUT2D eigenvalue weighted by atomic mass is 16.3. The molecule has 0 atom stereocenters. The third kappa shape index (κ3) is 5.34. The third-order valence-electron chi connectivity index (χ3n) is 10.7. The number of benzene rings is 9. The van der Waals surface area contributed by atoms with E-state index in [9.17, 15) is 0 Å². The van der Waals surface area contributed by atoms with Gasteiger partial charge in [0.05, 0.1) is 5.56 Å². The lowest BCUT2D eigenvalue weighted by atomic mass is 9.93. The molecule has 0 aliphatic carbocycles. The van der Waals surface area contributed by atoms with Crippen molar-refractivity contribution in [1.82, 2.24) is 15.0 Å². The zero-order valence-electron chi connectivity index (χ0n) is 29.6. The van der Waals surface area contributed by atoms with E-state index in [4.69, 9.17) is 19.4 Å². The van der Waals surface area contributed by atoms with Crippen LogP contribution in [0.5, 0.6) is 0 Å². The second-order valence-electron chi connectivity index (χ2n) is 14.0. The largest absolute Gasteiger partial charge is 0.455 e. The Hall–Kier alpha value is -7.43. The van der Waals surface area contributed by atoms with Crippen LogP contribution in [0.15, 0.2) is 192 Å². The molecular formula is C51H31N3O. The predicted molar refractivity (Wildman–Crippen MR) is 227 cm³/mol. The zero-order valence-corrected chi connectivity index (χ0v) is 29.6. The molecule has 0 aliphatic heterocycles.